The Balaban J connectivity index is 1.47. The molecule has 4 rings (SSSR count). The van der Waals surface area contributed by atoms with Gasteiger partial charge in [0.1, 0.15) is 5.65 Å². The number of aromatic nitrogens is 2. The quantitative estimate of drug-likeness (QED) is 0.550. The third-order valence-corrected chi connectivity index (χ3v) is 4.84. The first-order valence-corrected chi connectivity index (χ1v) is 9.10. The van der Waals surface area contributed by atoms with Gasteiger partial charge in [0.25, 0.3) is 11.5 Å². The predicted molar refractivity (Wildman–Crippen MR) is 102 cm³/mol. The number of fused-ring (bicyclic) bond motifs is 2. The number of hydrogen-bond acceptors (Lipinski definition) is 4. The van der Waals surface area contributed by atoms with Crippen molar-refractivity contribution in [2.75, 3.05) is 19.6 Å². The number of nitrogens with one attached hydrogen (secondary N) is 1. The van der Waals surface area contributed by atoms with Gasteiger partial charge in [0.2, 0.25) is 5.91 Å². The van der Waals surface area contributed by atoms with Crippen molar-refractivity contribution in [3.63, 3.8) is 0 Å². The predicted octanol–water partition coefficient (Wildman–Crippen LogP) is 1.59. The topological polar surface area (TPSA) is 83.8 Å². The van der Waals surface area contributed by atoms with Crippen LogP contribution >= 0.6 is 0 Å². The van der Waals surface area contributed by atoms with E-state index in [-0.39, 0.29) is 17.4 Å². The van der Waals surface area contributed by atoms with Crippen LogP contribution in [0.1, 0.15) is 29.6 Å². The van der Waals surface area contributed by atoms with Crippen molar-refractivity contribution >= 4 is 28.4 Å². The molecule has 27 heavy (non-hydrogen) atoms. The summed E-state index contributed by atoms with van der Waals surface area (Å²) in [6, 6.07) is 10.5. The molecule has 3 heterocycles. The summed E-state index contributed by atoms with van der Waals surface area (Å²) in [4.78, 5) is 42.9. The van der Waals surface area contributed by atoms with Gasteiger partial charge in [-0.2, -0.15) is 0 Å². The molecule has 1 aromatic carbocycles. The van der Waals surface area contributed by atoms with Gasteiger partial charge in [0.05, 0.1) is 16.5 Å². The molecule has 1 aliphatic rings. The van der Waals surface area contributed by atoms with Crippen molar-refractivity contribution in [3.8, 4) is 0 Å². The van der Waals surface area contributed by atoms with Crippen LogP contribution in [-0.4, -0.2) is 45.7 Å². The third kappa shape index (κ3) is 3.40. The Morgan fingerprint density at radius 1 is 1.15 bits per heavy atom. The molecule has 2 amide bonds. The Bertz CT molecular complexity index is 1090. The van der Waals surface area contributed by atoms with Crippen molar-refractivity contribution in [3.05, 3.63) is 58.5 Å². The molecule has 3 aromatic rings. The first kappa shape index (κ1) is 17.2. The fourth-order valence-corrected chi connectivity index (χ4v) is 3.40. The molecule has 0 spiro atoms. The highest BCUT2D eigenvalue weighted by Gasteiger charge is 2.19. The van der Waals surface area contributed by atoms with Crippen molar-refractivity contribution < 1.29 is 9.59 Å². The smallest absolute Gasteiger partial charge is 0.265 e. The number of amides is 2. The molecule has 0 atom stereocenters. The van der Waals surface area contributed by atoms with Gasteiger partial charge < -0.3 is 10.2 Å². The molecule has 2 aromatic heterocycles. The van der Waals surface area contributed by atoms with E-state index in [0.717, 1.165) is 13.0 Å². The van der Waals surface area contributed by atoms with Crippen LogP contribution in [0.3, 0.4) is 0 Å². The lowest BCUT2D eigenvalue weighted by Gasteiger charge is -2.15. The lowest BCUT2D eigenvalue weighted by molar-refractivity contribution is -0.127. The summed E-state index contributed by atoms with van der Waals surface area (Å²) in [7, 11) is 0. The average molecular weight is 364 g/mol. The second kappa shape index (κ2) is 7.19. The van der Waals surface area contributed by atoms with E-state index < -0.39 is 0 Å². The number of likely N-dealkylation sites (tertiary alicyclic amines) is 1. The van der Waals surface area contributed by atoms with E-state index in [9.17, 15) is 14.4 Å². The zero-order valence-corrected chi connectivity index (χ0v) is 14.9. The van der Waals surface area contributed by atoms with Gasteiger partial charge in [-0.1, -0.05) is 12.1 Å². The monoisotopic (exact) mass is 364 g/mol. The molecule has 1 saturated heterocycles. The van der Waals surface area contributed by atoms with Crippen molar-refractivity contribution in [2.24, 2.45) is 0 Å². The van der Waals surface area contributed by atoms with Gasteiger partial charge in [-0.05, 0) is 37.1 Å². The average Bonchev–Trinajstić information content (AvgIpc) is 3.10. The van der Waals surface area contributed by atoms with E-state index in [1.807, 2.05) is 11.0 Å². The number of carbonyl (C=O) groups excluding carboxylic acids is 2. The van der Waals surface area contributed by atoms with Crippen LogP contribution < -0.4 is 10.9 Å². The molecule has 0 saturated carbocycles. The van der Waals surface area contributed by atoms with Crippen LogP contribution in [-0.2, 0) is 4.79 Å². The van der Waals surface area contributed by atoms with Crippen molar-refractivity contribution in [1.82, 2.24) is 19.6 Å². The van der Waals surface area contributed by atoms with E-state index in [1.165, 1.54) is 10.6 Å². The zero-order chi connectivity index (χ0) is 18.8. The second-order valence-electron chi connectivity index (χ2n) is 6.67. The van der Waals surface area contributed by atoms with E-state index in [2.05, 4.69) is 10.3 Å². The first-order valence-electron chi connectivity index (χ1n) is 9.10. The van der Waals surface area contributed by atoms with E-state index in [0.29, 0.717) is 48.0 Å². The second-order valence-corrected chi connectivity index (χ2v) is 6.67. The number of hydrogen-bond donors (Lipinski definition) is 1. The van der Waals surface area contributed by atoms with Crippen LogP contribution in [0.15, 0.2) is 47.4 Å². The molecule has 1 N–H and O–H groups in total. The molecule has 1 fully saturated rings. The lowest BCUT2D eigenvalue weighted by atomic mass is 10.2. The Morgan fingerprint density at radius 2 is 2.00 bits per heavy atom. The van der Waals surface area contributed by atoms with E-state index in [4.69, 9.17) is 0 Å². The SMILES string of the molecule is O=C(NCCCN1CCCC1=O)c1ccc2nc3ccccc3c(=O)n2c1. The van der Waals surface area contributed by atoms with E-state index >= 15 is 0 Å². The standard InChI is InChI=1S/C20H20N4O3/c25-18-7-3-11-23(18)12-4-10-21-19(26)14-8-9-17-22-16-6-2-1-5-15(16)20(27)24(17)13-14/h1-2,5-6,8-9,13H,3-4,7,10-12H2,(H,21,26). The minimum Gasteiger partial charge on any atom is -0.352 e. The Morgan fingerprint density at radius 3 is 2.81 bits per heavy atom. The molecule has 1 aliphatic heterocycles. The minimum absolute atomic E-state index is 0.190. The summed E-state index contributed by atoms with van der Waals surface area (Å²) in [5.41, 5.74) is 1.34. The number of pyridine rings is 1. The number of nitrogens with zero attached hydrogens (tertiary/aromatic N) is 3. The summed E-state index contributed by atoms with van der Waals surface area (Å²) < 4.78 is 1.40. The molecule has 0 aliphatic carbocycles. The summed E-state index contributed by atoms with van der Waals surface area (Å²) in [6.07, 6.45) is 3.77. The highest BCUT2D eigenvalue weighted by molar-refractivity contribution is 5.94. The number of carbonyl (C=O) groups is 2. The number of benzene rings is 1. The zero-order valence-electron chi connectivity index (χ0n) is 14.9. The molecular formula is C20H20N4O3. The normalized spacial score (nSPS) is 14.2. The minimum atomic E-state index is -0.246. The maximum Gasteiger partial charge on any atom is 0.265 e. The van der Waals surface area contributed by atoms with Crippen molar-refractivity contribution in [2.45, 2.75) is 19.3 Å². The maximum atomic E-state index is 12.7. The molecule has 0 bridgehead atoms. The largest absolute Gasteiger partial charge is 0.352 e. The molecule has 138 valence electrons. The highest BCUT2D eigenvalue weighted by atomic mass is 16.2. The summed E-state index contributed by atoms with van der Waals surface area (Å²) >= 11 is 0. The van der Waals surface area contributed by atoms with Gasteiger partial charge in [0.15, 0.2) is 0 Å². The van der Waals surface area contributed by atoms with Crippen LogP contribution in [0, 0.1) is 0 Å². The lowest BCUT2D eigenvalue weighted by Crippen LogP contribution is -2.31. The van der Waals surface area contributed by atoms with Gasteiger partial charge in [-0.25, -0.2) is 4.98 Å². The van der Waals surface area contributed by atoms with Crippen LogP contribution in [0.2, 0.25) is 0 Å². The van der Waals surface area contributed by atoms with Crippen LogP contribution in [0.25, 0.3) is 16.6 Å². The number of rotatable bonds is 5. The summed E-state index contributed by atoms with van der Waals surface area (Å²) in [6.45, 7) is 1.94. The third-order valence-electron chi connectivity index (χ3n) is 4.84. The van der Waals surface area contributed by atoms with Gasteiger partial charge in [-0.3, -0.25) is 18.8 Å². The first-order chi connectivity index (χ1) is 13.1. The fraction of sp³-hybridized carbons (Fsp3) is 0.300. The Hall–Kier alpha value is -3.22. The highest BCUT2D eigenvalue weighted by Crippen LogP contribution is 2.11. The Kier molecular flexibility index (Phi) is 4.58. The van der Waals surface area contributed by atoms with Gasteiger partial charge in [0, 0.05) is 32.3 Å². The molecular weight excluding hydrogens is 344 g/mol. The molecule has 7 nitrogen and oxygen atoms in total. The maximum absolute atomic E-state index is 12.7. The summed E-state index contributed by atoms with van der Waals surface area (Å²) in [5, 5.41) is 3.36. The summed E-state index contributed by atoms with van der Waals surface area (Å²) in [5.74, 6) is -0.0559. The number of para-hydroxylation sites is 1. The van der Waals surface area contributed by atoms with Crippen LogP contribution in [0.4, 0.5) is 0 Å². The van der Waals surface area contributed by atoms with Crippen molar-refractivity contribution in [1.29, 1.82) is 0 Å². The molecule has 0 unspecified atom stereocenters. The fourth-order valence-electron chi connectivity index (χ4n) is 3.40. The van der Waals surface area contributed by atoms with Gasteiger partial charge in [-0.15, -0.1) is 0 Å². The molecule has 0 radical (unpaired) electrons. The molecule has 7 heteroatoms. The Labute approximate surface area is 155 Å². The van der Waals surface area contributed by atoms with Gasteiger partial charge >= 0.3 is 0 Å². The van der Waals surface area contributed by atoms with E-state index in [1.54, 1.807) is 30.3 Å². The van der Waals surface area contributed by atoms with Crippen LogP contribution in [0.5, 0.6) is 0 Å².